The molecule has 0 atom stereocenters. The van der Waals surface area contributed by atoms with E-state index in [4.69, 9.17) is 6.42 Å². The molecule has 0 aliphatic rings. The number of rotatable bonds is 8. The third kappa shape index (κ3) is 5.21. The molecule has 2 aromatic rings. The Labute approximate surface area is 165 Å². The van der Waals surface area contributed by atoms with Gasteiger partial charge in [0.15, 0.2) is 0 Å². The van der Waals surface area contributed by atoms with Gasteiger partial charge in [-0.25, -0.2) is 18.0 Å². The van der Waals surface area contributed by atoms with Gasteiger partial charge in [-0.05, 0) is 30.7 Å². The summed E-state index contributed by atoms with van der Waals surface area (Å²) in [4.78, 5) is 25.4. The number of hydrogen-bond acceptors (Lipinski definition) is 4. The van der Waals surface area contributed by atoms with Crippen LogP contribution in [-0.2, 0) is 14.8 Å². The summed E-state index contributed by atoms with van der Waals surface area (Å²) in [6.45, 7) is 1.99. The van der Waals surface area contributed by atoms with Crippen LogP contribution in [-0.4, -0.2) is 20.2 Å². The molecule has 0 bridgehead atoms. The molecule has 7 heteroatoms. The van der Waals surface area contributed by atoms with Crippen molar-refractivity contribution in [1.82, 2.24) is 4.72 Å². The fourth-order valence-electron chi connectivity index (χ4n) is 2.61. The predicted octanol–water partition coefficient (Wildman–Crippen LogP) is 3.31. The first-order chi connectivity index (χ1) is 13.4. The van der Waals surface area contributed by atoms with Gasteiger partial charge < -0.3 is 0 Å². The standard InChI is InChI=1S/C21H22N2O4S/c1-3-5-7-16-20(24)22-28(26,27)19-15-11-10-14-18(19)23(4-2)21(25)17-12-8-6-9-13-17/h2,6,8-15H,3,5,7,16H2,1H3,(H,22,24). The van der Waals surface area contributed by atoms with Crippen LogP contribution in [0.15, 0.2) is 59.5 Å². The highest BCUT2D eigenvalue weighted by Gasteiger charge is 2.26. The topological polar surface area (TPSA) is 83.6 Å². The van der Waals surface area contributed by atoms with E-state index in [1.807, 2.05) is 6.92 Å². The Morgan fingerprint density at radius 3 is 2.32 bits per heavy atom. The van der Waals surface area contributed by atoms with Crippen molar-refractivity contribution in [2.75, 3.05) is 4.90 Å². The fraction of sp³-hybridized carbons (Fsp3) is 0.238. The number of carbonyl (C=O) groups excluding carboxylic acids is 2. The maximum absolute atomic E-state index is 12.8. The van der Waals surface area contributed by atoms with E-state index in [0.29, 0.717) is 12.0 Å². The van der Waals surface area contributed by atoms with Crippen LogP contribution in [0.4, 0.5) is 5.69 Å². The molecule has 0 fully saturated rings. The fourth-order valence-corrected chi connectivity index (χ4v) is 3.81. The Bertz CT molecular complexity index is 979. The second kappa shape index (κ2) is 9.72. The van der Waals surface area contributed by atoms with Gasteiger partial charge in [-0.1, -0.05) is 56.5 Å². The molecule has 2 rings (SSSR count). The monoisotopic (exact) mass is 398 g/mol. The van der Waals surface area contributed by atoms with Crippen LogP contribution in [0, 0.1) is 12.5 Å². The lowest BCUT2D eigenvalue weighted by atomic mass is 10.2. The summed E-state index contributed by atoms with van der Waals surface area (Å²) in [6.07, 6.45) is 7.97. The number of hydrogen-bond donors (Lipinski definition) is 1. The summed E-state index contributed by atoms with van der Waals surface area (Å²) in [6, 6.07) is 16.3. The van der Waals surface area contributed by atoms with Crippen LogP contribution >= 0.6 is 0 Å². The van der Waals surface area contributed by atoms with Crippen molar-refractivity contribution < 1.29 is 18.0 Å². The second-order valence-electron chi connectivity index (χ2n) is 6.09. The van der Waals surface area contributed by atoms with Crippen molar-refractivity contribution in [3.05, 3.63) is 60.2 Å². The van der Waals surface area contributed by atoms with Gasteiger partial charge >= 0.3 is 0 Å². The first kappa shape index (κ1) is 21.2. The average Bonchev–Trinajstić information content (AvgIpc) is 2.69. The summed E-state index contributed by atoms with van der Waals surface area (Å²) in [5, 5.41) is 0. The molecule has 0 unspecified atom stereocenters. The van der Waals surface area contributed by atoms with Crippen molar-refractivity contribution in [1.29, 1.82) is 0 Å². The molecule has 0 saturated carbocycles. The number of benzene rings is 2. The lowest BCUT2D eigenvalue weighted by Crippen LogP contribution is -2.33. The molecule has 0 aromatic heterocycles. The highest BCUT2D eigenvalue weighted by molar-refractivity contribution is 7.90. The van der Waals surface area contributed by atoms with E-state index >= 15 is 0 Å². The van der Waals surface area contributed by atoms with Gasteiger partial charge in [-0.3, -0.25) is 9.59 Å². The smallest absolute Gasteiger partial charge is 0.270 e. The molecule has 0 saturated heterocycles. The minimum atomic E-state index is -4.19. The zero-order chi connectivity index (χ0) is 20.6. The van der Waals surface area contributed by atoms with E-state index < -0.39 is 21.8 Å². The zero-order valence-corrected chi connectivity index (χ0v) is 16.4. The van der Waals surface area contributed by atoms with E-state index in [0.717, 1.165) is 17.7 Å². The molecule has 28 heavy (non-hydrogen) atoms. The Balaban J connectivity index is 2.34. The molecule has 146 valence electrons. The maximum atomic E-state index is 12.8. The van der Waals surface area contributed by atoms with Gasteiger partial charge in [-0.2, -0.15) is 0 Å². The molecule has 1 N–H and O–H groups in total. The van der Waals surface area contributed by atoms with E-state index in [-0.39, 0.29) is 17.0 Å². The zero-order valence-electron chi connectivity index (χ0n) is 15.6. The Morgan fingerprint density at radius 1 is 1.04 bits per heavy atom. The molecule has 0 aliphatic heterocycles. The molecule has 0 heterocycles. The number of terminal acetylenes is 1. The molecular weight excluding hydrogens is 376 g/mol. The van der Waals surface area contributed by atoms with Gasteiger partial charge in [0.2, 0.25) is 5.91 Å². The minimum absolute atomic E-state index is 0.00714. The Kier molecular flexibility index (Phi) is 7.36. The van der Waals surface area contributed by atoms with Gasteiger partial charge in [0.25, 0.3) is 15.9 Å². The van der Waals surface area contributed by atoms with E-state index in [2.05, 4.69) is 10.8 Å². The largest absolute Gasteiger partial charge is 0.274 e. The minimum Gasteiger partial charge on any atom is -0.274 e. The number of unbranched alkanes of at least 4 members (excludes halogenated alkanes) is 2. The van der Waals surface area contributed by atoms with E-state index in [9.17, 15) is 18.0 Å². The maximum Gasteiger partial charge on any atom is 0.270 e. The number of sulfonamides is 1. The summed E-state index contributed by atoms with van der Waals surface area (Å²) < 4.78 is 27.5. The molecular formula is C21H22N2O4S. The lowest BCUT2D eigenvalue weighted by molar-refractivity contribution is -0.119. The van der Waals surface area contributed by atoms with Crippen molar-refractivity contribution in [2.45, 2.75) is 37.5 Å². The number of anilines is 1. The molecule has 0 spiro atoms. The molecule has 0 radical (unpaired) electrons. The normalized spacial score (nSPS) is 10.7. The van der Waals surface area contributed by atoms with Crippen LogP contribution in [0.2, 0.25) is 0 Å². The van der Waals surface area contributed by atoms with E-state index in [1.165, 1.54) is 18.2 Å². The van der Waals surface area contributed by atoms with Gasteiger partial charge in [-0.15, -0.1) is 0 Å². The third-order valence-corrected chi connectivity index (χ3v) is 5.42. The first-order valence-electron chi connectivity index (χ1n) is 8.91. The molecule has 0 aliphatic carbocycles. The van der Waals surface area contributed by atoms with Gasteiger partial charge in [0, 0.05) is 18.0 Å². The number of nitrogens with one attached hydrogen (secondary N) is 1. The van der Waals surface area contributed by atoms with Crippen molar-refractivity contribution in [2.24, 2.45) is 0 Å². The number of amides is 2. The summed E-state index contributed by atoms with van der Waals surface area (Å²) in [5.41, 5.74) is 0.323. The van der Waals surface area contributed by atoms with Gasteiger partial charge in [0.05, 0.1) is 5.69 Å². The lowest BCUT2D eigenvalue weighted by Gasteiger charge is -2.19. The van der Waals surface area contributed by atoms with Crippen LogP contribution in [0.5, 0.6) is 0 Å². The quantitative estimate of drug-likeness (QED) is 0.420. The highest BCUT2D eigenvalue weighted by Crippen LogP contribution is 2.26. The highest BCUT2D eigenvalue weighted by atomic mass is 32.2. The summed E-state index contributed by atoms with van der Waals surface area (Å²) >= 11 is 0. The van der Waals surface area contributed by atoms with Crippen LogP contribution < -0.4 is 9.62 Å². The number of para-hydroxylation sites is 1. The average molecular weight is 398 g/mol. The second-order valence-corrected chi connectivity index (χ2v) is 7.74. The number of nitrogens with zero attached hydrogens (tertiary/aromatic N) is 1. The van der Waals surface area contributed by atoms with Crippen LogP contribution in [0.1, 0.15) is 43.0 Å². The van der Waals surface area contributed by atoms with E-state index in [1.54, 1.807) is 36.4 Å². The summed E-state index contributed by atoms with van der Waals surface area (Å²) in [5.74, 6) is -1.13. The third-order valence-electron chi connectivity index (χ3n) is 4.00. The Hall–Kier alpha value is -3.11. The predicted molar refractivity (Wildman–Crippen MR) is 108 cm³/mol. The first-order valence-corrected chi connectivity index (χ1v) is 10.4. The van der Waals surface area contributed by atoms with Crippen molar-refractivity contribution in [3.63, 3.8) is 0 Å². The Morgan fingerprint density at radius 2 is 1.68 bits per heavy atom. The summed E-state index contributed by atoms with van der Waals surface area (Å²) in [7, 11) is -4.19. The van der Waals surface area contributed by atoms with Crippen LogP contribution in [0.3, 0.4) is 0 Å². The molecule has 6 nitrogen and oxygen atoms in total. The van der Waals surface area contributed by atoms with Crippen molar-refractivity contribution >= 4 is 27.5 Å². The SMILES string of the molecule is C#CN(C(=O)c1ccccc1)c1ccccc1S(=O)(=O)NC(=O)CCCCC. The van der Waals surface area contributed by atoms with Gasteiger partial charge in [0.1, 0.15) is 4.90 Å². The molecule has 2 aromatic carbocycles. The van der Waals surface area contributed by atoms with Crippen LogP contribution in [0.25, 0.3) is 0 Å². The van der Waals surface area contributed by atoms with Crippen molar-refractivity contribution in [3.8, 4) is 12.5 Å². The number of carbonyl (C=O) groups is 2. The molecule has 2 amide bonds.